The largest absolute Gasteiger partial charge is 0.467 e. The first-order valence-electron chi connectivity index (χ1n) is 8.08. The third-order valence-corrected chi connectivity index (χ3v) is 4.22. The Kier molecular flexibility index (Phi) is 5.06. The van der Waals surface area contributed by atoms with E-state index >= 15 is 0 Å². The van der Waals surface area contributed by atoms with Crippen LogP contribution in [-0.2, 0) is 21.7 Å². The van der Waals surface area contributed by atoms with Gasteiger partial charge >= 0.3 is 6.03 Å². The highest BCUT2D eigenvalue weighted by molar-refractivity contribution is 6.07. The zero-order valence-corrected chi connectivity index (χ0v) is 14.1. The lowest BCUT2D eigenvalue weighted by Crippen LogP contribution is -2.42. The van der Waals surface area contributed by atoms with E-state index in [1.807, 2.05) is 0 Å². The molecule has 2 aromatic rings. The van der Waals surface area contributed by atoms with Crippen molar-refractivity contribution in [3.63, 3.8) is 0 Å². The molecule has 2 heterocycles. The average molecular weight is 362 g/mol. The number of aliphatic hydroxyl groups excluding tert-OH is 1. The second kappa shape index (κ2) is 7.27. The van der Waals surface area contributed by atoms with Gasteiger partial charge in [0, 0.05) is 0 Å². The molecule has 0 unspecified atom stereocenters. The van der Waals surface area contributed by atoms with Gasteiger partial charge in [-0.15, -0.1) is 0 Å². The maximum Gasteiger partial charge on any atom is 0.325 e. The van der Waals surface area contributed by atoms with Gasteiger partial charge < -0.3 is 19.6 Å². The molecule has 138 valence electrons. The minimum absolute atomic E-state index is 0.0645. The molecule has 0 radical (unpaired) electrons. The number of amides is 3. The van der Waals surface area contributed by atoms with Gasteiger partial charge in [-0.2, -0.15) is 0 Å². The van der Waals surface area contributed by atoms with Gasteiger partial charge in [-0.05, 0) is 36.8 Å². The third kappa shape index (κ3) is 3.61. The summed E-state index contributed by atoms with van der Waals surface area (Å²) >= 11 is 0. The fraction of sp³-hybridized carbons (Fsp3) is 0.333. The van der Waals surface area contributed by atoms with E-state index in [2.05, 4.69) is 5.32 Å². The Balaban J connectivity index is 1.60. The number of furan rings is 1. The minimum Gasteiger partial charge on any atom is -0.467 e. The van der Waals surface area contributed by atoms with Crippen molar-refractivity contribution in [1.82, 2.24) is 10.2 Å². The number of β-amino-alcohol motifs (C(OH)–C–C–N with tert-alkyl or cyclic N) is 1. The summed E-state index contributed by atoms with van der Waals surface area (Å²) in [5, 5.41) is 12.7. The van der Waals surface area contributed by atoms with Gasteiger partial charge in [0.2, 0.25) is 0 Å². The maximum absolute atomic E-state index is 13.1. The van der Waals surface area contributed by atoms with Crippen molar-refractivity contribution < 1.29 is 28.2 Å². The average Bonchev–Trinajstić information content (AvgIpc) is 3.19. The Morgan fingerprint density at radius 3 is 2.69 bits per heavy atom. The van der Waals surface area contributed by atoms with Crippen molar-refractivity contribution in [2.75, 3.05) is 13.2 Å². The van der Waals surface area contributed by atoms with E-state index in [0.717, 1.165) is 4.90 Å². The molecular weight excluding hydrogens is 343 g/mol. The van der Waals surface area contributed by atoms with Crippen LogP contribution in [0.3, 0.4) is 0 Å². The van der Waals surface area contributed by atoms with E-state index in [-0.39, 0.29) is 19.8 Å². The number of nitrogens with zero attached hydrogens (tertiary/aromatic N) is 1. The highest BCUT2D eigenvalue weighted by Crippen LogP contribution is 2.29. The molecule has 26 heavy (non-hydrogen) atoms. The predicted molar refractivity (Wildman–Crippen MR) is 88.4 cm³/mol. The van der Waals surface area contributed by atoms with E-state index in [4.69, 9.17) is 9.15 Å². The Bertz CT molecular complexity index is 777. The number of urea groups is 1. The molecule has 0 spiro atoms. The standard InChI is InChI=1S/C18H19FN2O5/c1-18(12-4-6-13(19)7-5-12)16(23)21(17(24)20-18)9-14(22)10-25-11-15-3-2-8-26-15/h2-8,14,22H,9-11H2,1H3,(H,20,24)/t14-,18-/m0/s1. The molecule has 1 aromatic heterocycles. The highest BCUT2D eigenvalue weighted by Gasteiger charge is 2.49. The number of carbonyl (C=O) groups is 2. The van der Waals surface area contributed by atoms with E-state index < -0.39 is 29.4 Å². The van der Waals surface area contributed by atoms with Gasteiger partial charge in [0.05, 0.1) is 25.5 Å². The molecule has 0 aliphatic carbocycles. The number of hydrogen-bond donors (Lipinski definition) is 2. The van der Waals surface area contributed by atoms with Crippen LogP contribution in [0.25, 0.3) is 0 Å². The van der Waals surface area contributed by atoms with E-state index in [1.165, 1.54) is 30.5 Å². The summed E-state index contributed by atoms with van der Waals surface area (Å²) in [6, 6.07) is 8.17. The molecule has 2 atom stereocenters. The minimum atomic E-state index is -1.31. The lowest BCUT2D eigenvalue weighted by molar-refractivity contribution is -0.132. The number of halogens is 1. The van der Waals surface area contributed by atoms with Crippen LogP contribution in [0, 0.1) is 5.82 Å². The smallest absolute Gasteiger partial charge is 0.325 e. The molecule has 1 aliphatic rings. The van der Waals surface area contributed by atoms with Crippen molar-refractivity contribution in [1.29, 1.82) is 0 Å². The first kappa shape index (κ1) is 18.1. The zero-order chi connectivity index (χ0) is 18.7. The molecule has 1 aromatic carbocycles. The highest BCUT2D eigenvalue weighted by atomic mass is 19.1. The van der Waals surface area contributed by atoms with Gasteiger partial charge in [0.15, 0.2) is 0 Å². The zero-order valence-electron chi connectivity index (χ0n) is 14.1. The van der Waals surface area contributed by atoms with Gasteiger partial charge in [0.25, 0.3) is 5.91 Å². The van der Waals surface area contributed by atoms with Crippen molar-refractivity contribution in [3.05, 3.63) is 59.8 Å². The molecule has 3 amide bonds. The summed E-state index contributed by atoms with van der Waals surface area (Å²) < 4.78 is 23.5. The van der Waals surface area contributed by atoms with Crippen LogP contribution in [0.1, 0.15) is 18.2 Å². The van der Waals surface area contributed by atoms with Crippen LogP contribution in [-0.4, -0.2) is 41.2 Å². The van der Waals surface area contributed by atoms with Crippen LogP contribution >= 0.6 is 0 Å². The second-order valence-corrected chi connectivity index (χ2v) is 6.23. The molecule has 1 fully saturated rings. The number of nitrogens with one attached hydrogen (secondary N) is 1. The lowest BCUT2D eigenvalue weighted by atomic mass is 9.92. The molecular formula is C18H19FN2O5. The first-order chi connectivity index (χ1) is 12.4. The van der Waals surface area contributed by atoms with Crippen LogP contribution < -0.4 is 5.32 Å². The van der Waals surface area contributed by atoms with Crippen molar-refractivity contribution in [3.8, 4) is 0 Å². The molecule has 0 saturated carbocycles. The molecule has 7 nitrogen and oxygen atoms in total. The summed E-state index contributed by atoms with van der Waals surface area (Å²) in [6.45, 7) is 1.45. The number of imide groups is 1. The van der Waals surface area contributed by atoms with Crippen molar-refractivity contribution in [2.24, 2.45) is 0 Å². The van der Waals surface area contributed by atoms with Gasteiger partial charge in [0.1, 0.15) is 23.7 Å². The number of aliphatic hydroxyl groups is 1. The van der Waals surface area contributed by atoms with Crippen LogP contribution in [0.4, 0.5) is 9.18 Å². The molecule has 3 rings (SSSR count). The summed E-state index contributed by atoms with van der Waals surface area (Å²) in [7, 11) is 0. The predicted octanol–water partition coefficient (Wildman–Crippen LogP) is 1.76. The monoisotopic (exact) mass is 362 g/mol. The van der Waals surface area contributed by atoms with Gasteiger partial charge in [-0.1, -0.05) is 12.1 Å². The maximum atomic E-state index is 13.1. The van der Waals surface area contributed by atoms with Crippen molar-refractivity contribution in [2.45, 2.75) is 25.2 Å². The molecule has 0 bridgehead atoms. The summed E-state index contributed by atoms with van der Waals surface area (Å²) in [6.07, 6.45) is 0.466. The van der Waals surface area contributed by atoms with E-state index in [9.17, 15) is 19.1 Å². The van der Waals surface area contributed by atoms with Crippen molar-refractivity contribution >= 4 is 11.9 Å². The lowest BCUT2D eigenvalue weighted by Gasteiger charge is -2.23. The summed E-state index contributed by atoms with van der Waals surface area (Å²) in [4.78, 5) is 25.8. The Labute approximate surface area is 149 Å². The summed E-state index contributed by atoms with van der Waals surface area (Å²) in [5.41, 5.74) is -0.845. The molecule has 1 aliphatic heterocycles. The fourth-order valence-electron chi connectivity index (χ4n) is 2.80. The normalized spacial score (nSPS) is 21.1. The number of carbonyl (C=O) groups excluding carboxylic acids is 2. The van der Waals surface area contributed by atoms with E-state index in [0.29, 0.717) is 11.3 Å². The number of ether oxygens (including phenoxy) is 1. The Morgan fingerprint density at radius 1 is 1.31 bits per heavy atom. The number of benzene rings is 1. The summed E-state index contributed by atoms with van der Waals surface area (Å²) in [5.74, 6) is -0.342. The van der Waals surface area contributed by atoms with Crippen LogP contribution in [0.5, 0.6) is 0 Å². The first-order valence-corrected chi connectivity index (χ1v) is 8.08. The Morgan fingerprint density at radius 2 is 2.04 bits per heavy atom. The second-order valence-electron chi connectivity index (χ2n) is 6.23. The molecule has 8 heteroatoms. The molecule has 2 N–H and O–H groups in total. The Hall–Kier alpha value is -2.71. The third-order valence-electron chi connectivity index (χ3n) is 4.22. The fourth-order valence-corrected chi connectivity index (χ4v) is 2.80. The van der Waals surface area contributed by atoms with Crippen LogP contribution in [0.2, 0.25) is 0 Å². The topological polar surface area (TPSA) is 92.0 Å². The number of hydrogen-bond acceptors (Lipinski definition) is 5. The quantitative estimate of drug-likeness (QED) is 0.733. The number of rotatable bonds is 7. The SMILES string of the molecule is C[C@@]1(c2ccc(F)cc2)NC(=O)N(C[C@H](O)COCc2ccco2)C1=O. The van der Waals surface area contributed by atoms with E-state index in [1.54, 1.807) is 19.1 Å². The molecule has 1 saturated heterocycles. The van der Waals surface area contributed by atoms with Crippen LogP contribution in [0.15, 0.2) is 47.1 Å². The van der Waals surface area contributed by atoms with Gasteiger partial charge in [-0.3, -0.25) is 9.69 Å². The van der Waals surface area contributed by atoms with Gasteiger partial charge in [-0.25, -0.2) is 9.18 Å².